The summed E-state index contributed by atoms with van der Waals surface area (Å²) in [5, 5.41) is 2.90. The van der Waals surface area contributed by atoms with Gasteiger partial charge in [0.05, 0.1) is 0 Å². The molecule has 1 unspecified atom stereocenters. The Labute approximate surface area is 143 Å². The standard InChI is InChI=1S/C20H26N2O2/c1-15-13-17-9-5-6-10-18(17)22(15)20(24)14-19(23)21-12-11-16-7-3-2-4-8-16/h5-7,9-10,15H,2-4,8,11-14H2,1H3,(H,21,23). The van der Waals surface area contributed by atoms with E-state index < -0.39 is 0 Å². The van der Waals surface area contributed by atoms with E-state index in [0.717, 1.165) is 31.4 Å². The molecule has 1 aliphatic heterocycles. The molecule has 2 aliphatic rings. The molecule has 1 N–H and O–H groups in total. The summed E-state index contributed by atoms with van der Waals surface area (Å²) in [4.78, 5) is 26.4. The van der Waals surface area contributed by atoms with Gasteiger partial charge in [-0.25, -0.2) is 0 Å². The van der Waals surface area contributed by atoms with Crippen LogP contribution >= 0.6 is 0 Å². The van der Waals surface area contributed by atoms with Crippen LogP contribution in [-0.4, -0.2) is 24.4 Å². The van der Waals surface area contributed by atoms with E-state index in [-0.39, 0.29) is 24.3 Å². The Hall–Kier alpha value is -2.10. The molecule has 0 fully saturated rings. The summed E-state index contributed by atoms with van der Waals surface area (Å²) in [6, 6.07) is 8.07. The first-order chi connectivity index (χ1) is 11.6. The van der Waals surface area contributed by atoms with Crippen molar-refractivity contribution in [2.75, 3.05) is 11.4 Å². The minimum Gasteiger partial charge on any atom is -0.355 e. The molecule has 0 radical (unpaired) electrons. The van der Waals surface area contributed by atoms with Gasteiger partial charge in [-0.2, -0.15) is 0 Å². The lowest BCUT2D eigenvalue weighted by Crippen LogP contribution is -2.39. The van der Waals surface area contributed by atoms with Crippen molar-refractivity contribution >= 4 is 17.5 Å². The largest absolute Gasteiger partial charge is 0.355 e. The minimum atomic E-state index is -0.173. The van der Waals surface area contributed by atoms with E-state index in [9.17, 15) is 9.59 Å². The van der Waals surface area contributed by atoms with Crippen molar-refractivity contribution < 1.29 is 9.59 Å². The van der Waals surface area contributed by atoms with Gasteiger partial charge in [-0.05, 0) is 57.1 Å². The molecule has 1 atom stereocenters. The third-order valence-corrected chi connectivity index (χ3v) is 4.94. The number of carbonyl (C=O) groups is 2. The van der Waals surface area contributed by atoms with Crippen molar-refractivity contribution in [2.24, 2.45) is 0 Å². The van der Waals surface area contributed by atoms with Gasteiger partial charge in [0, 0.05) is 18.3 Å². The number of fused-ring (bicyclic) bond motifs is 1. The lowest BCUT2D eigenvalue weighted by Gasteiger charge is -2.22. The highest BCUT2D eigenvalue weighted by atomic mass is 16.2. The van der Waals surface area contributed by atoms with Crippen molar-refractivity contribution in [1.29, 1.82) is 0 Å². The molecule has 1 aliphatic carbocycles. The van der Waals surface area contributed by atoms with E-state index >= 15 is 0 Å². The zero-order valence-corrected chi connectivity index (χ0v) is 14.4. The molecule has 3 rings (SSSR count). The van der Waals surface area contributed by atoms with Gasteiger partial charge in [0.15, 0.2) is 0 Å². The van der Waals surface area contributed by atoms with Gasteiger partial charge < -0.3 is 10.2 Å². The maximum absolute atomic E-state index is 12.5. The van der Waals surface area contributed by atoms with Crippen molar-refractivity contribution in [1.82, 2.24) is 5.32 Å². The van der Waals surface area contributed by atoms with Gasteiger partial charge in [-0.3, -0.25) is 9.59 Å². The van der Waals surface area contributed by atoms with Crippen molar-refractivity contribution in [3.8, 4) is 0 Å². The average molecular weight is 326 g/mol. The molecule has 0 saturated heterocycles. The Balaban J connectivity index is 1.49. The Bertz CT molecular complexity index is 651. The maximum atomic E-state index is 12.5. The molecule has 0 aromatic heterocycles. The molecule has 1 aromatic carbocycles. The number of rotatable bonds is 5. The number of hydrogen-bond donors (Lipinski definition) is 1. The van der Waals surface area contributed by atoms with E-state index in [4.69, 9.17) is 0 Å². The third-order valence-electron chi connectivity index (χ3n) is 4.94. The molecule has 0 bridgehead atoms. The van der Waals surface area contributed by atoms with E-state index in [0.29, 0.717) is 6.54 Å². The second-order valence-corrected chi connectivity index (χ2v) is 6.83. The van der Waals surface area contributed by atoms with Gasteiger partial charge in [-0.15, -0.1) is 0 Å². The molecule has 0 spiro atoms. The van der Waals surface area contributed by atoms with Gasteiger partial charge in [-0.1, -0.05) is 29.8 Å². The Morgan fingerprint density at radius 3 is 2.88 bits per heavy atom. The average Bonchev–Trinajstić information content (AvgIpc) is 2.91. The maximum Gasteiger partial charge on any atom is 0.236 e. The molecule has 24 heavy (non-hydrogen) atoms. The molecule has 2 amide bonds. The van der Waals surface area contributed by atoms with Crippen LogP contribution in [0.4, 0.5) is 5.69 Å². The number of nitrogens with zero attached hydrogens (tertiary/aromatic N) is 1. The SMILES string of the molecule is CC1Cc2ccccc2N1C(=O)CC(=O)NCCC1=CCCCC1. The molecular formula is C20H26N2O2. The Morgan fingerprint density at radius 1 is 1.25 bits per heavy atom. The molecule has 4 heteroatoms. The van der Waals surface area contributed by atoms with E-state index in [1.807, 2.05) is 25.1 Å². The summed E-state index contributed by atoms with van der Waals surface area (Å²) in [5.41, 5.74) is 3.58. The Kier molecular flexibility index (Phi) is 5.34. The molecule has 1 aromatic rings. The van der Waals surface area contributed by atoms with Crippen LogP contribution in [0.1, 0.15) is 51.0 Å². The summed E-state index contributed by atoms with van der Waals surface area (Å²) in [5.74, 6) is -0.283. The lowest BCUT2D eigenvalue weighted by molar-refractivity contribution is -0.128. The summed E-state index contributed by atoms with van der Waals surface area (Å²) in [6.07, 6.45) is 8.83. The number of para-hydroxylation sites is 1. The quantitative estimate of drug-likeness (QED) is 0.666. The van der Waals surface area contributed by atoms with Crippen molar-refractivity contribution in [3.63, 3.8) is 0 Å². The van der Waals surface area contributed by atoms with Crippen LogP contribution < -0.4 is 10.2 Å². The van der Waals surface area contributed by atoms with Crippen LogP contribution in [0.2, 0.25) is 0 Å². The van der Waals surface area contributed by atoms with Crippen LogP contribution in [0.5, 0.6) is 0 Å². The first-order valence-electron chi connectivity index (χ1n) is 8.99. The fraction of sp³-hybridized carbons (Fsp3) is 0.500. The van der Waals surface area contributed by atoms with Crippen LogP contribution in [0.3, 0.4) is 0 Å². The number of benzene rings is 1. The fourth-order valence-corrected chi connectivity index (χ4v) is 3.72. The first kappa shape index (κ1) is 16.7. The predicted octanol–water partition coefficient (Wildman–Crippen LogP) is 3.36. The number of hydrogen-bond acceptors (Lipinski definition) is 2. The summed E-state index contributed by atoms with van der Waals surface area (Å²) < 4.78 is 0. The summed E-state index contributed by atoms with van der Waals surface area (Å²) in [7, 11) is 0. The highest BCUT2D eigenvalue weighted by Crippen LogP contribution is 2.32. The topological polar surface area (TPSA) is 49.4 Å². The number of carbonyl (C=O) groups excluding carboxylic acids is 2. The fourth-order valence-electron chi connectivity index (χ4n) is 3.72. The molecule has 4 nitrogen and oxygen atoms in total. The second kappa shape index (κ2) is 7.65. The van der Waals surface area contributed by atoms with Gasteiger partial charge in [0.25, 0.3) is 0 Å². The third kappa shape index (κ3) is 3.86. The Morgan fingerprint density at radius 2 is 2.08 bits per heavy atom. The van der Waals surface area contributed by atoms with E-state index in [2.05, 4.69) is 17.5 Å². The first-order valence-corrected chi connectivity index (χ1v) is 8.99. The van der Waals surface area contributed by atoms with Crippen molar-refractivity contribution in [3.05, 3.63) is 41.5 Å². The van der Waals surface area contributed by atoms with Gasteiger partial charge in [0.1, 0.15) is 6.42 Å². The molecule has 128 valence electrons. The van der Waals surface area contributed by atoms with E-state index in [1.54, 1.807) is 4.90 Å². The normalized spacial score (nSPS) is 19.6. The van der Waals surface area contributed by atoms with E-state index in [1.165, 1.54) is 24.0 Å². The smallest absolute Gasteiger partial charge is 0.236 e. The number of anilines is 1. The van der Waals surface area contributed by atoms with Crippen molar-refractivity contribution in [2.45, 2.75) is 57.9 Å². The van der Waals surface area contributed by atoms with Crippen LogP contribution in [-0.2, 0) is 16.0 Å². The monoisotopic (exact) mass is 326 g/mol. The summed E-state index contributed by atoms with van der Waals surface area (Å²) in [6.45, 7) is 2.66. The van der Waals surface area contributed by atoms with Crippen LogP contribution in [0.25, 0.3) is 0 Å². The minimum absolute atomic E-state index is 0.0717. The van der Waals surface area contributed by atoms with Gasteiger partial charge >= 0.3 is 0 Å². The molecule has 0 saturated carbocycles. The number of amides is 2. The zero-order chi connectivity index (χ0) is 16.9. The zero-order valence-electron chi connectivity index (χ0n) is 14.4. The predicted molar refractivity (Wildman–Crippen MR) is 95.9 cm³/mol. The van der Waals surface area contributed by atoms with Gasteiger partial charge in [0.2, 0.25) is 11.8 Å². The highest BCUT2D eigenvalue weighted by molar-refractivity contribution is 6.06. The number of nitrogens with one attached hydrogen (secondary N) is 1. The highest BCUT2D eigenvalue weighted by Gasteiger charge is 2.31. The summed E-state index contributed by atoms with van der Waals surface area (Å²) >= 11 is 0. The second-order valence-electron chi connectivity index (χ2n) is 6.83. The lowest BCUT2D eigenvalue weighted by atomic mass is 9.97. The number of allylic oxidation sites excluding steroid dienone is 1. The molecular weight excluding hydrogens is 300 g/mol. The molecule has 1 heterocycles. The van der Waals surface area contributed by atoms with Crippen LogP contribution in [0.15, 0.2) is 35.9 Å². The van der Waals surface area contributed by atoms with Crippen LogP contribution in [0, 0.1) is 0 Å².